The Morgan fingerprint density at radius 2 is 2.26 bits per heavy atom. The fraction of sp³-hybridized carbons (Fsp3) is 0.533. The Kier molecular flexibility index (Phi) is 4.43. The predicted molar refractivity (Wildman–Crippen MR) is 75.2 cm³/mol. The van der Waals surface area contributed by atoms with Gasteiger partial charge in [-0.25, -0.2) is 0 Å². The molecule has 1 heterocycles. The lowest BCUT2D eigenvalue weighted by Crippen LogP contribution is -2.46. The molecule has 1 aromatic carbocycles. The third kappa shape index (κ3) is 3.47. The van der Waals surface area contributed by atoms with Gasteiger partial charge in [-0.1, -0.05) is 12.1 Å². The molecule has 0 radical (unpaired) electrons. The number of likely N-dealkylation sites (tertiary alicyclic amines) is 1. The number of carbonyl (C=O) groups is 1. The van der Waals surface area contributed by atoms with Crippen molar-refractivity contribution in [3.05, 3.63) is 29.3 Å². The average molecular weight is 262 g/mol. The van der Waals surface area contributed by atoms with Crippen molar-refractivity contribution in [3.8, 4) is 5.75 Å². The number of ether oxygens (including phenoxy) is 1. The van der Waals surface area contributed by atoms with E-state index in [4.69, 9.17) is 4.74 Å². The second-order valence-electron chi connectivity index (χ2n) is 5.19. The number of amides is 1. The van der Waals surface area contributed by atoms with E-state index in [0.717, 1.165) is 30.8 Å². The minimum atomic E-state index is 0.248. The van der Waals surface area contributed by atoms with Crippen molar-refractivity contribution in [2.45, 2.75) is 32.4 Å². The van der Waals surface area contributed by atoms with Gasteiger partial charge in [0.05, 0.1) is 7.11 Å². The summed E-state index contributed by atoms with van der Waals surface area (Å²) in [5.74, 6) is 1.17. The monoisotopic (exact) mass is 262 g/mol. The summed E-state index contributed by atoms with van der Waals surface area (Å²) in [4.78, 5) is 13.2. The van der Waals surface area contributed by atoms with Gasteiger partial charge in [-0.2, -0.15) is 0 Å². The number of aryl methyl sites for hydroxylation is 1. The lowest BCUT2D eigenvalue weighted by Gasteiger charge is -2.30. The van der Waals surface area contributed by atoms with Crippen LogP contribution in [0.3, 0.4) is 0 Å². The molecular formula is C15H22N2O2. The number of hydrogen-bond acceptors (Lipinski definition) is 3. The zero-order valence-electron chi connectivity index (χ0n) is 11.9. The molecule has 1 amide bonds. The van der Waals surface area contributed by atoms with Crippen LogP contribution >= 0.6 is 0 Å². The SMILES string of the molecule is COc1ccc(CNC2CCC(=O)N(C)C2)cc1C. The Morgan fingerprint density at radius 3 is 2.89 bits per heavy atom. The van der Waals surface area contributed by atoms with Crippen LogP contribution in [0, 0.1) is 6.92 Å². The van der Waals surface area contributed by atoms with E-state index < -0.39 is 0 Å². The lowest BCUT2D eigenvalue weighted by atomic mass is 10.0. The molecule has 0 saturated carbocycles. The molecule has 1 N–H and O–H groups in total. The first kappa shape index (κ1) is 13.9. The van der Waals surface area contributed by atoms with Gasteiger partial charge in [-0.3, -0.25) is 4.79 Å². The van der Waals surface area contributed by atoms with E-state index in [1.807, 2.05) is 13.1 Å². The summed E-state index contributed by atoms with van der Waals surface area (Å²) in [5.41, 5.74) is 2.40. The van der Waals surface area contributed by atoms with E-state index in [-0.39, 0.29) is 5.91 Å². The molecule has 1 aliphatic heterocycles. The first-order chi connectivity index (χ1) is 9.10. The molecule has 0 spiro atoms. The van der Waals surface area contributed by atoms with Gasteiger partial charge in [0.25, 0.3) is 0 Å². The van der Waals surface area contributed by atoms with E-state index in [9.17, 15) is 4.79 Å². The minimum absolute atomic E-state index is 0.248. The van der Waals surface area contributed by atoms with Crippen molar-refractivity contribution in [2.24, 2.45) is 0 Å². The fourth-order valence-electron chi connectivity index (χ4n) is 2.49. The second-order valence-corrected chi connectivity index (χ2v) is 5.19. The molecule has 4 nitrogen and oxygen atoms in total. The summed E-state index contributed by atoms with van der Waals surface area (Å²) >= 11 is 0. The number of methoxy groups -OCH3 is 1. The van der Waals surface area contributed by atoms with Crippen LogP contribution in [0.4, 0.5) is 0 Å². The summed E-state index contributed by atoms with van der Waals surface area (Å²) in [5, 5.41) is 3.52. The van der Waals surface area contributed by atoms with Gasteiger partial charge >= 0.3 is 0 Å². The number of piperidine rings is 1. The van der Waals surface area contributed by atoms with Crippen LogP contribution in [-0.2, 0) is 11.3 Å². The van der Waals surface area contributed by atoms with E-state index in [2.05, 4.69) is 24.4 Å². The van der Waals surface area contributed by atoms with Gasteiger partial charge in [0.2, 0.25) is 5.91 Å². The molecule has 1 saturated heterocycles. The highest BCUT2D eigenvalue weighted by Gasteiger charge is 2.22. The van der Waals surface area contributed by atoms with Gasteiger partial charge in [-0.05, 0) is 30.5 Å². The van der Waals surface area contributed by atoms with Crippen molar-refractivity contribution >= 4 is 5.91 Å². The summed E-state index contributed by atoms with van der Waals surface area (Å²) < 4.78 is 5.26. The van der Waals surface area contributed by atoms with Crippen LogP contribution in [-0.4, -0.2) is 37.6 Å². The van der Waals surface area contributed by atoms with E-state index in [1.54, 1.807) is 12.0 Å². The highest BCUT2D eigenvalue weighted by Crippen LogP contribution is 2.18. The standard InChI is InChI=1S/C15H22N2O2/c1-11-8-12(4-6-14(11)19-3)9-16-13-5-7-15(18)17(2)10-13/h4,6,8,13,16H,5,7,9-10H2,1-3H3. The Bertz CT molecular complexity index is 459. The lowest BCUT2D eigenvalue weighted by molar-refractivity contribution is -0.132. The molecular weight excluding hydrogens is 240 g/mol. The zero-order valence-corrected chi connectivity index (χ0v) is 11.9. The normalized spacial score (nSPS) is 19.6. The Morgan fingerprint density at radius 1 is 1.47 bits per heavy atom. The predicted octanol–water partition coefficient (Wildman–Crippen LogP) is 1.71. The Hall–Kier alpha value is -1.55. The van der Waals surface area contributed by atoms with Gasteiger partial charge in [-0.15, -0.1) is 0 Å². The van der Waals surface area contributed by atoms with E-state index in [0.29, 0.717) is 12.5 Å². The summed E-state index contributed by atoms with van der Waals surface area (Å²) in [7, 11) is 3.56. The quantitative estimate of drug-likeness (QED) is 0.898. The van der Waals surface area contributed by atoms with Gasteiger partial charge < -0.3 is 15.0 Å². The van der Waals surface area contributed by atoms with Crippen LogP contribution in [0.5, 0.6) is 5.75 Å². The number of benzene rings is 1. The molecule has 19 heavy (non-hydrogen) atoms. The van der Waals surface area contributed by atoms with E-state index >= 15 is 0 Å². The highest BCUT2D eigenvalue weighted by molar-refractivity contribution is 5.76. The maximum atomic E-state index is 11.4. The third-order valence-electron chi connectivity index (χ3n) is 3.68. The molecule has 0 aromatic heterocycles. The molecule has 1 aliphatic rings. The molecule has 0 bridgehead atoms. The van der Waals surface area contributed by atoms with Crippen LogP contribution in [0.2, 0.25) is 0 Å². The van der Waals surface area contributed by atoms with Crippen LogP contribution in [0.15, 0.2) is 18.2 Å². The van der Waals surface area contributed by atoms with Crippen molar-refractivity contribution < 1.29 is 9.53 Å². The fourth-order valence-corrected chi connectivity index (χ4v) is 2.49. The first-order valence-corrected chi connectivity index (χ1v) is 6.71. The van der Waals surface area contributed by atoms with E-state index in [1.165, 1.54) is 5.56 Å². The summed E-state index contributed by atoms with van der Waals surface area (Å²) in [6.07, 6.45) is 1.58. The third-order valence-corrected chi connectivity index (χ3v) is 3.68. The molecule has 4 heteroatoms. The number of likely N-dealkylation sites (N-methyl/N-ethyl adjacent to an activating group) is 1. The molecule has 1 unspecified atom stereocenters. The Balaban J connectivity index is 1.89. The summed E-state index contributed by atoms with van der Waals surface area (Å²) in [6.45, 7) is 3.68. The molecule has 104 valence electrons. The number of rotatable bonds is 4. The first-order valence-electron chi connectivity index (χ1n) is 6.71. The van der Waals surface area contributed by atoms with Crippen LogP contribution < -0.4 is 10.1 Å². The zero-order chi connectivity index (χ0) is 13.8. The molecule has 2 rings (SSSR count). The van der Waals surface area contributed by atoms with Crippen molar-refractivity contribution in [1.82, 2.24) is 10.2 Å². The van der Waals surface area contributed by atoms with Crippen LogP contribution in [0.1, 0.15) is 24.0 Å². The average Bonchev–Trinajstić information content (AvgIpc) is 2.40. The van der Waals surface area contributed by atoms with Crippen molar-refractivity contribution in [1.29, 1.82) is 0 Å². The topological polar surface area (TPSA) is 41.6 Å². The van der Waals surface area contributed by atoms with Crippen LogP contribution in [0.25, 0.3) is 0 Å². The maximum absolute atomic E-state index is 11.4. The van der Waals surface area contributed by atoms with Gasteiger partial charge in [0.1, 0.15) is 5.75 Å². The van der Waals surface area contributed by atoms with Gasteiger partial charge in [0, 0.05) is 32.6 Å². The highest BCUT2D eigenvalue weighted by atomic mass is 16.5. The minimum Gasteiger partial charge on any atom is -0.496 e. The largest absolute Gasteiger partial charge is 0.496 e. The van der Waals surface area contributed by atoms with Crippen molar-refractivity contribution in [2.75, 3.05) is 20.7 Å². The number of carbonyl (C=O) groups excluding carboxylic acids is 1. The number of nitrogens with zero attached hydrogens (tertiary/aromatic N) is 1. The second kappa shape index (κ2) is 6.06. The van der Waals surface area contributed by atoms with Gasteiger partial charge in [0.15, 0.2) is 0 Å². The Labute approximate surface area is 114 Å². The molecule has 1 atom stereocenters. The number of nitrogens with one attached hydrogen (secondary N) is 1. The molecule has 1 fully saturated rings. The maximum Gasteiger partial charge on any atom is 0.222 e. The molecule has 1 aromatic rings. The smallest absolute Gasteiger partial charge is 0.222 e. The molecule has 0 aliphatic carbocycles. The number of hydrogen-bond donors (Lipinski definition) is 1. The summed E-state index contributed by atoms with van der Waals surface area (Å²) in [6, 6.07) is 6.62. The van der Waals surface area contributed by atoms with Crippen molar-refractivity contribution in [3.63, 3.8) is 0 Å².